The van der Waals surface area contributed by atoms with E-state index in [2.05, 4.69) is 54.1 Å². The maximum absolute atomic E-state index is 13.6. The van der Waals surface area contributed by atoms with Crippen molar-refractivity contribution in [2.24, 2.45) is 0 Å². The third-order valence-electron chi connectivity index (χ3n) is 6.47. The maximum Gasteiger partial charge on any atom is 0.245 e. The maximum atomic E-state index is 13.6. The van der Waals surface area contributed by atoms with Crippen LogP contribution in [-0.4, -0.2) is 21.4 Å². The van der Waals surface area contributed by atoms with Crippen LogP contribution in [-0.2, 0) is 17.9 Å². The first-order chi connectivity index (χ1) is 15.1. The number of carbonyl (C=O) groups excluding carboxylic acids is 1. The van der Waals surface area contributed by atoms with Crippen LogP contribution in [0, 0.1) is 6.92 Å². The van der Waals surface area contributed by atoms with Gasteiger partial charge >= 0.3 is 0 Å². The minimum atomic E-state index is -0.650. The molecule has 3 nitrogen and oxygen atoms in total. The topological polar surface area (TPSA) is 25.2 Å². The standard InChI is InChI=1S/C27H31ClN2O/c1-21-11-8-9-14-23(21)19-29-18-10-17-25(29)20-30(24-15-6-3-7-16-24)27(31)26(28)22-12-4-2-5-13-22/h2,4-5,8-14,17-18,24,26H,3,6-7,15-16,19-20H2,1H3. The Balaban J connectivity index is 1.58. The van der Waals surface area contributed by atoms with Crippen LogP contribution in [0.4, 0.5) is 0 Å². The van der Waals surface area contributed by atoms with E-state index in [1.165, 1.54) is 30.4 Å². The Labute approximate surface area is 190 Å². The number of hydrogen-bond donors (Lipinski definition) is 0. The van der Waals surface area contributed by atoms with E-state index in [0.717, 1.165) is 30.6 Å². The summed E-state index contributed by atoms with van der Waals surface area (Å²) in [6.45, 7) is 3.55. The second kappa shape index (κ2) is 10.2. The van der Waals surface area contributed by atoms with E-state index in [9.17, 15) is 4.79 Å². The van der Waals surface area contributed by atoms with Crippen molar-refractivity contribution >= 4 is 17.5 Å². The van der Waals surface area contributed by atoms with Crippen molar-refractivity contribution in [1.29, 1.82) is 0 Å². The fourth-order valence-corrected chi connectivity index (χ4v) is 4.85. The zero-order valence-electron chi connectivity index (χ0n) is 18.2. The number of nitrogens with zero attached hydrogens (tertiary/aromatic N) is 2. The molecule has 0 bridgehead atoms. The molecule has 0 aliphatic heterocycles. The summed E-state index contributed by atoms with van der Waals surface area (Å²) in [7, 11) is 0. The van der Waals surface area contributed by atoms with Gasteiger partial charge in [-0.1, -0.05) is 73.9 Å². The molecule has 31 heavy (non-hydrogen) atoms. The third-order valence-corrected chi connectivity index (χ3v) is 6.90. The second-order valence-corrected chi connectivity index (χ2v) is 9.02. The summed E-state index contributed by atoms with van der Waals surface area (Å²) in [4.78, 5) is 15.6. The van der Waals surface area contributed by atoms with Gasteiger partial charge in [-0.2, -0.15) is 0 Å². The highest BCUT2D eigenvalue weighted by atomic mass is 35.5. The molecular weight excluding hydrogens is 404 g/mol. The van der Waals surface area contributed by atoms with E-state index in [4.69, 9.17) is 11.6 Å². The van der Waals surface area contributed by atoms with E-state index in [0.29, 0.717) is 6.54 Å². The average Bonchev–Trinajstić information content (AvgIpc) is 3.26. The molecule has 1 fully saturated rings. The van der Waals surface area contributed by atoms with Crippen molar-refractivity contribution in [2.75, 3.05) is 0 Å². The van der Waals surface area contributed by atoms with E-state index in [1.807, 2.05) is 35.2 Å². The molecule has 4 rings (SSSR count). The number of aryl methyl sites for hydroxylation is 1. The van der Waals surface area contributed by atoms with Gasteiger partial charge in [-0.05, 0) is 48.6 Å². The molecule has 1 aliphatic rings. The van der Waals surface area contributed by atoms with Crippen LogP contribution < -0.4 is 0 Å². The fourth-order valence-electron chi connectivity index (χ4n) is 4.58. The molecule has 0 N–H and O–H groups in total. The molecule has 4 heteroatoms. The summed E-state index contributed by atoms with van der Waals surface area (Å²) < 4.78 is 2.26. The number of aromatic nitrogens is 1. The normalized spacial score (nSPS) is 15.5. The molecule has 0 spiro atoms. The van der Waals surface area contributed by atoms with Crippen molar-refractivity contribution in [2.45, 2.75) is 63.5 Å². The van der Waals surface area contributed by atoms with Gasteiger partial charge in [0.15, 0.2) is 0 Å². The Kier molecular flexibility index (Phi) is 7.14. The van der Waals surface area contributed by atoms with E-state index in [-0.39, 0.29) is 11.9 Å². The monoisotopic (exact) mass is 434 g/mol. The smallest absolute Gasteiger partial charge is 0.245 e. The molecule has 1 saturated carbocycles. The van der Waals surface area contributed by atoms with Gasteiger partial charge in [0.05, 0.1) is 6.54 Å². The highest BCUT2D eigenvalue weighted by Crippen LogP contribution is 2.30. The van der Waals surface area contributed by atoms with Gasteiger partial charge < -0.3 is 9.47 Å². The lowest BCUT2D eigenvalue weighted by Gasteiger charge is -2.36. The molecule has 0 saturated heterocycles. The highest BCUT2D eigenvalue weighted by Gasteiger charge is 2.31. The van der Waals surface area contributed by atoms with Crippen LogP contribution >= 0.6 is 11.6 Å². The lowest BCUT2D eigenvalue weighted by molar-refractivity contribution is -0.134. The zero-order valence-corrected chi connectivity index (χ0v) is 19.0. The Bertz CT molecular complexity index is 991. The molecule has 0 radical (unpaired) electrons. The van der Waals surface area contributed by atoms with Crippen molar-refractivity contribution in [3.8, 4) is 0 Å². The molecule has 162 valence electrons. The number of hydrogen-bond acceptors (Lipinski definition) is 1. The summed E-state index contributed by atoms with van der Waals surface area (Å²) in [6.07, 6.45) is 7.84. The number of amides is 1. The molecule has 1 aromatic heterocycles. The van der Waals surface area contributed by atoms with Crippen LogP contribution in [0.5, 0.6) is 0 Å². The number of alkyl halides is 1. The number of carbonyl (C=O) groups is 1. The largest absolute Gasteiger partial charge is 0.345 e. The van der Waals surface area contributed by atoms with Gasteiger partial charge in [0.25, 0.3) is 0 Å². The molecule has 1 unspecified atom stereocenters. The van der Waals surface area contributed by atoms with Gasteiger partial charge in [-0.3, -0.25) is 4.79 Å². The molecule has 1 aliphatic carbocycles. The molecule has 3 aromatic rings. The van der Waals surface area contributed by atoms with Crippen LogP contribution in [0.2, 0.25) is 0 Å². The zero-order chi connectivity index (χ0) is 21.6. The first-order valence-electron chi connectivity index (χ1n) is 11.3. The lowest BCUT2D eigenvalue weighted by Crippen LogP contribution is -2.43. The Hall–Kier alpha value is -2.52. The van der Waals surface area contributed by atoms with Crippen LogP contribution in [0.1, 0.15) is 59.9 Å². The molecule has 1 amide bonds. The quantitative estimate of drug-likeness (QED) is 0.390. The van der Waals surface area contributed by atoms with E-state index < -0.39 is 5.38 Å². The van der Waals surface area contributed by atoms with E-state index in [1.54, 1.807) is 0 Å². The molecule has 2 aromatic carbocycles. The summed E-state index contributed by atoms with van der Waals surface area (Å²) >= 11 is 6.70. The Morgan fingerprint density at radius 2 is 1.71 bits per heavy atom. The number of halogens is 1. The average molecular weight is 435 g/mol. The van der Waals surface area contributed by atoms with Crippen molar-refractivity contribution < 1.29 is 4.79 Å². The van der Waals surface area contributed by atoms with Gasteiger partial charge in [-0.25, -0.2) is 0 Å². The van der Waals surface area contributed by atoms with Gasteiger partial charge in [0.2, 0.25) is 5.91 Å². The fraction of sp³-hybridized carbons (Fsp3) is 0.370. The molecular formula is C27H31ClN2O. The van der Waals surface area contributed by atoms with Gasteiger partial charge in [0.1, 0.15) is 5.38 Å². The Morgan fingerprint density at radius 1 is 1.00 bits per heavy atom. The summed E-state index contributed by atoms with van der Waals surface area (Å²) in [5.74, 6) is 0.0170. The predicted molar refractivity (Wildman–Crippen MR) is 127 cm³/mol. The van der Waals surface area contributed by atoms with Crippen molar-refractivity contribution in [3.63, 3.8) is 0 Å². The van der Waals surface area contributed by atoms with E-state index >= 15 is 0 Å². The van der Waals surface area contributed by atoms with Gasteiger partial charge in [0, 0.05) is 24.5 Å². The van der Waals surface area contributed by atoms with Crippen LogP contribution in [0.25, 0.3) is 0 Å². The summed E-state index contributed by atoms with van der Waals surface area (Å²) in [6, 6.07) is 22.7. The van der Waals surface area contributed by atoms with Crippen molar-refractivity contribution in [3.05, 3.63) is 95.3 Å². The van der Waals surface area contributed by atoms with Crippen LogP contribution in [0.3, 0.4) is 0 Å². The first kappa shape index (κ1) is 21.7. The van der Waals surface area contributed by atoms with Crippen molar-refractivity contribution in [1.82, 2.24) is 9.47 Å². The third kappa shape index (κ3) is 5.22. The number of rotatable bonds is 7. The summed E-state index contributed by atoms with van der Waals surface area (Å²) in [5.41, 5.74) is 4.60. The van der Waals surface area contributed by atoms with Gasteiger partial charge in [-0.15, -0.1) is 11.6 Å². The second-order valence-electron chi connectivity index (χ2n) is 8.59. The Morgan fingerprint density at radius 3 is 2.45 bits per heavy atom. The number of benzene rings is 2. The molecule has 1 atom stereocenters. The lowest BCUT2D eigenvalue weighted by atomic mass is 9.93. The SMILES string of the molecule is Cc1ccccc1Cn1cccc1CN(C(=O)C(Cl)c1ccccc1)C1CCCCC1. The predicted octanol–water partition coefficient (Wildman–Crippen LogP) is 6.49. The minimum absolute atomic E-state index is 0.0170. The molecule has 1 heterocycles. The first-order valence-corrected chi connectivity index (χ1v) is 11.7. The van der Waals surface area contributed by atoms with Crippen LogP contribution in [0.15, 0.2) is 72.9 Å². The highest BCUT2D eigenvalue weighted by molar-refractivity contribution is 6.30. The summed E-state index contributed by atoms with van der Waals surface area (Å²) in [5, 5.41) is -0.650. The minimum Gasteiger partial charge on any atom is -0.345 e.